The van der Waals surface area contributed by atoms with E-state index >= 15 is 0 Å². The van der Waals surface area contributed by atoms with Crippen molar-refractivity contribution in [1.82, 2.24) is 14.5 Å². The van der Waals surface area contributed by atoms with E-state index in [4.69, 9.17) is 9.97 Å². The van der Waals surface area contributed by atoms with E-state index in [2.05, 4.69) is 180 Å². The van der Waals surface area contributed by atoms with Gasteiger partial charge in [-0.05, 0) is 75.5 Å². The van der Waals surface area contributed by atoms with Gasteiger partial charge in [0.2, 0.25) is 5.95 Å². The third-order valence-electron chi connectivity index (χ3n) is 10.4. The number of nitrogens with zero attached hydrogens (tertiary/aromatic N) is 3. The van der Waals surface area contributed by atoms with E-state index in [1.807, 2.05) is 11.3 Å². The molecule has 0 saturated carbocycles. The maximum Gasteiger partial charge on any atom is 0.235 e. The minimum absolute atomic E-state index is 0.662. The lowest BCUT2D eigenvalue weighted by molar-refractivity contribution is 1.01. The highest BCUT2D eigenvalue weighted by Crippen LogP contribution is 2.41. The van der Waals surface area contributed by atoms with Gasteiger partial charge in [0.05, 0.1) is 22.2 Å². The van der Waals surface area contributed by atoms with Gasteiger partial charge in [-0.15, -0.1) is 11.3 Å². The van der Waals surface area contributed by atoms with Crippen LogP contribution in [-0.4, -0.2) is 14.5 Å². The van der Waals surface area contributed by atoms with Crippen LogP contribution in [0, 0.1) is 0 Å². The average molecular weight is 680 g/mol. The Kier molecular flexibility index (Phi) is 6.42. The Balaban J connectivity index is 1.15. The van der Waals surface area contributed by atoms with Crippen molar-refractivity contribution in [1.29, 1.82) is 0 Å². The fourth-order valence-corrected chi connectivity index (χ4v) is 9.01. The third kappa shape index (κ3) is 4.51. The quantitative estimate of drug-likeness (QED) is 0.185. The summed E-state index contributed by atoms with van der Waals surface area (Å²) < 4.78 is 4.89. The summed E-state index contributed by atoms with van der Waals surface area (Å²) in [6.07, 6.45) is 0. The molecule has 0 amide bonds. The van der Waals surface area contributed by atoms with Crippen molar-refractivity contribution in [3.8, 4) is 39.5 Å². The number of rotatable bonds is 4. The van der Waals surface area contributed by atoms with Gasteiger partial charge in [-0.3, -0.25) is 4.57 Å². The van der Waals surface area contributed by atoms with Crippen LogP contribution in [0.25, 0.3) is 103 Å². The first-order valence-corrected chi connectivity index (χ1v) is 18.4. The third-order valence-corrected chi connectivity index (χ3v) is 11.6. The predicted octanol–water partition coefficient (Wildman–Crippen LogP) is 13.2. The van der Waals surface area contributed by atoms with Crippen LogP contribution in [0.2, 0.25) is 0 Å². The Hall–Kier alpha value is -6.62. The van der Waals surface area contributed by atoms with E-state index in [1.165, 1.54) is 64.0 Å². The average Bonchev–Trinajstić information content (AvgIpc) is 3.76. The number of benzene rings is 8. The normalized spacial score (nSPS) is 11.8. The van der Waals surface area contributed by atoms with Gasteiger partial charge in [0.15, 0.2) is 0 Å². The summed E-state index contributed by atoms with van der Waals surface area (Å²) in [5, 5.41) is 8.48. The van der Waals surface area contributed by atoms with Crippen molar-refractivity contribution in [2.75, 3.05) is 0 Å². The van der Waals surface area contributed by atoms with Crippen molar-refractivity contribution in [3.05, 3.63) is 176 Å². The molecule has 0 spiro atoms. The van der Waals surface area contributed by atoms with E-state index < -0.39 is 0 Å². The molecule has 0 atom stereocenters. The summed E-state index contributed by atoms with van der Waals surface area (Å²) in [6, 6.07) is 63.1. The summed E-state index contributed by atoms with van der Waals surface area (Å²) in [5.41, 5.74) is 9.84. The number of hydrogen-bond donors (Lipinski definition) is 0. The van der Waals surface area contributed by atoms with Crippen LogP contribution in [-0.2, 0) is 0 Å². The van der Waals surface area contributed by atoms with Crippen LogP contribution in [0.15, 0.2) is 176 Å². The molecule has 3 heterocycles. The molecular formula is C48H29N3S. The van der Waals surface area contributed by atoms with Crippen LogP contribution in [0.3, 0.4) is 0 Å². The molecule has 0 radical (unpaired) electrons. The second-order valence-electron chi connectivity index (χ2n) is 13.4. The number of aromatic nitrogens is 3. The minimum Gasteiger partial charge on any atom is -0.278 e. The summed E-state index contributed by atoms with van der Waals surface area (Å²) >= 11 is 1.85. The fourth-order valence-electron chi connectivity index (χ4n) is 7.93. The second kappa shape index (κ2) is 11.5. The summed E-state index contributed by atoms with van der Waals surface area (Å²) in [5.74, 6) is 0.662. The largest absolute Gasteiger partial charge is 0.278 e. The van der Waals surface area contributed by atoms with Crippen molar-refractivity contribution in [3.63, 3.8) is 0 Å². The van der Waals surface area contributed by atoms with Crippen LogP contribution in [0.1, 0.15) is 0 Å². The highest BCUT2D eigenvalue weighted by molar-refractivity contribution is 7.25. The lowest BCUT2D eigenvalue weighted by Crippen LogP contribution is -2.03. The first kappa shape index (κ1) is 29.1. The van der Waals surface area contributed by atoms with Gasteiger partial charge in [-0.1, -0.05) is 133 Å². The Bertz CT molecular complexity index is 3170. The maximum absolute atomic E-state index is 5.39. The summed E-state index contributed by atoms with van der Waals surface area (Å²) in [6.45, 7) is 0. The molecule has 11 rings (SSSR count). The topological polar surface area (TPSA) is 30.7 Å². The lowest BCUT2D eigenvalue weighted by atomic mass is 9.99. The van der Waals surface area contributed by atoms with Crippen LogP contribution < -0.4 is 0 Å². The zero-order valence-electron chi connectivity index (χ0n) is 28.0. The molecule has 0 saturated heterocycles. The highest BCUT2D eigenvalue weighted by atomic mass is 32.1. The first-order chi connectivity index (χ1) is 25.8. The molecule has 0 aliphatic heterocycles. The smallest absolute Gasteiger partial charge is 0.235 e. The van der Waals surface area contributed by atoms with Crippen molar-refractivity contribution in [2.45, 2.75) is 0 Å². The van der Waals surface area contributed by atoms with E-state index in [-0.39, 0.29) is 0 Å². The number of fused-ring (bicyclic) bond motifs is 9. The first-order valence-electron chi connectivity index (χ1n) is 17.6. The van der Waals surface area contributed by atoms with E-state index in [0.29, 0.717) is 5.95 Å². The molecule has 11 aromatic rings. The van der Waals surface area contributed by atoms with Crippen LogP contribution in [0.4, 0.5) is 0 Å². The van der Waals surface area contributed by atoms with Gasteiger partial charge < -0.3 is 0 Å². The van der Waals surface area contributed by atoms with Gasteiger partial charge >= 0.3 is 0 Å². The molecule has 0 unspecified atom stereocenters. The van der Waals surface area contributed by atoms with E-state index in [0.717, 1.165) is 33.2 Å². The highest BCUT2D eigenvalue weighted by Gasteiger charge is 2.20. The summed E-state index contributed by atoms with van der Waals surface area (Å²) in [7, 11) is 0. The Morgan fingerprint density at radius 2 is 1.00 bits per heavy atom. The molecule has 0 N–H and O–H groups in total. The van der Waals surface area contributed by atoms with Gasteiger partial charge in [0.1, 0.15) is 0 Å². The molecule has 0 aliphatic rings. The standard InChI is InChI=1S/C48H29N3S/c1-2-10-30(11-3-1)31-18-20-33(21-19-31)47-38-15-6-8-16-41(38)49-48(50-47)51-42-25-23-34(29-40(42)46-36-13-5-4-12-32(36)22-26-43(46)51)35-24-27-45-39(28-35)37-14-7-9-17-44(37)52-45/h1-29H. The van der Waals surface area contributed by atoms with Crippen molar-refractivity contribution in [2.24, 2.45) is 0 Å². The number of thiophene rings is 1. The van der Waals surface area contributed by atoms with Crippen molar-refractivity contribution >= 4 is 75.0 Å². The predicted molar refractivity (Wildman–Crippen MR) is 221 cm³/mol. The van der Waals surface area contributed by atoms with E-state index in [9.17, 15) is 0 Å². The van der Waals surface area contributed by atoms with Gasteiger partial charge in [0, 0.05) is 41.9 Å². The molecule has 52 heavy (non-hydrogen) atoms. The van der Waals surface area contributed by atoms with E-state index in [1.54, 1.807) is 0 Å². The molecular weight excluding hydrogens is 651 g/mol. The number of hydrogen-bond acceptors (Lipinski definition) is 3. The monoisotopic (exact) mass is 679 g/mol. The molecule has 0 aliphatic carbocycles. The molecule has 3 aromatic heterocycles. The zero-order valence-corrected chi connectivity index (χ0v) is 28.8. The Morgan fingerprint density at radius 1 is 0.385 bits per heavy atom. The van der Waals surface area contributed by atoms with Crippen LogP contribution in [0.5, 0.6) is 0 Å². The molecule has 242 valence electrons. The van der Waals surface area contributed by atoms with Crippen LogP contribution >= 0.6 is 11.3 Å². The zero-order chi connectivity index (χ0) is 34.2. The number of para-hydroxylation sites is 1. The Labute approximate surface area is 303 Å². The lowest BCUT2D eigenvalue weighted by Gasteiger charge is -2.12. The molecule has 8 aromatic carbocycles. The fraction of sp³-hybridized carbons (Fsp3) is 0. The van der Waals surface area contributed by atoms with Crippen molar-refractivity contribution < 1.29 is 0 Å². The molecule has 0 fully saturated rings. The summed E-state index contributed by atoms with van der Waals surface area (Å²) in [4.78, 5) is 10.6. The molecule has 4 heteroatoms. The second-order valence-corrected chi connectivity index (χ2v) is 14.5. The molecule has 0 bridgehead atoms. The van der Waals surface area contributed by atoms with Gasteiger partial charge in [-0.25, -0.2) is 9.97 Å². The Morgan fingerprint density at radius 3 is 1.87 bits per heavy atom. The van der Waals surface area contributed by atoms with Gasteiger partial charge in [0.25, 0.3) is 0 Å². The minimum atomic E-state index is 0.662. The maximum atomic E-state index is 5.39. The SMILES string of the molecule is c1ccc(-c2ccc(-c3nc(-n4c5ccc(-c6ccc7sc8ccccc8c7c6)cc5c5c6ccccc6ccc54)nc4ccccc34)cc2)cc1. The molecule has 3 nitrogen and oxygen atoms in total. The van der Waals surface area contributed by atoms with Gasteiger partial charge in [-0.2, -0.15) is 0 Å².